The van der Waals surface area contributed by atoms with Crippen molar-refractivity contribution in [3.8, 4) is 0 Å². The predicted molar refractivity (Wildman–Crippen MR) is 81.8 cm³/mol. The smallest absolute Gasteiger partial charge is 0.232 e. The Labute approximate surface area is 130 Å². The van der Waals surface area contributed by atoms with Gasteiger partial charge in [0.25, 0.3) is 0 Å². The quantitative estimate of drug-likeness (QED) is 0.843. The maximum absolute atomic E-state index is 12.3. The van der Waals surface area contributed by atoms with E-state index in [1.54, 1.807) is 0 Å². The van der Waals surface area contributed by atoms with Crippen LogP contribution in [0.3, 0.4) is 0 Å². The van der Waals surface area contributed by atoms with Gasteiger partial charge in [0.1, 0.15) is 0 Å². The summed E-state index contributed by atoms with van der Waals surface area (Å²) in [4.78, 5) is 4.33. The fourth-order valence-electron chi connectivity index (χ4n) is 2.35. The van der Waals surface area contributed by atoms with Crippen molar-refractivity contribution >= 4 is 10.0 Å². The molecule has 2 aromatic rings. The van der Waals surface area contributed by atoms with Crippen LogP contribution in [0.1, 0.15) is 43.0 Å². The highest BCUT2D eigenvalue weighted by Crippen LogP contribution is 2.30. The van der Waals surface area contributed by atoms with E-state index in [9.17, 15) is 8.42 Å². The molecule has 118 valence electrons. The van der Waals surface area contributed by atoms with Gasteiger partial charge in [0, 0.05) is 19.0 Å². The highest BCUT2D eigenvalue weighted by molar-refractivity contribution is 7.88. The van der Waals surface area contributed by atoms with E-state index in [4.69, 9.17) is 4.52 Å². The van der Waals surface area contributed by atoms with E-state index in [1.165, 1.54) is 4.31 Å². The second kappa shape index (κ2) is 5.81. The fraction of sp³-hybridized carbons (Fsp3) is 0.467. The van der Waals surface area contributed by atoms with Crippen LogP contribution in [0.15, 0.2) is 34.9 Å². The summed E-state index contributed by atoms with van der Waals surface area (Å²) in [5.74, 6) is 1.44. The summed E-state index contributed by atoms with van der Waals surface area (Å²) in [6.07, 6.45) is 0. The Balaban J connectivity index is 1.62. The van der Waals surface area contributed by atoms with Crippen molar-refractivity contribution in [2.75, 3.05) is 13.1 Å². The molecule has 0 saturated carbocycles. The van der Waals surface area contributed by atoms with Crippen LogP contribution in [0.2, 0.25) is 0 Å². The Morgan fingerprint density at radius 3 is 2.55 bits per heavy atom. The Kier molecular flexibility index (Phi) is 4.01. The summed E-state index contributed by atoms with van der Waals surface area (Å²) in [6, 6.07) is 9.20. The first kappa shape index (κ1) is 15.2. The molecular weight excluding hydrogens is 302 g/mol. The number of hydrogen-bond donors (Lipinski definition) is 0. The standard InChI is InChI=1S/C15H19N3O3S/c1-11(2)14-16-15(21-17-14)13-8-18(9-13)22(19,20)10-12-6-4-3-5-7-12/h3-7,11,13H,8-10H2,1-2H3. The summed E-state index contributed by atoms with van der Waals surface area (Å²) >= 11 is 0. The van der Waals surface area contributed by atoms with Crippen LogP contribution in [0.5, 0.6) is 0 Å². The summed E-state index contributed by atoms with van der Waals surface area (Å²) in [5.41, 5.74) is 0.797. The van der Waals surface area contributed by atoms with Crippen LogP contribution in [-0.2, 0) is 15.8 Å². The van der Waals surface area contributed by atoms with Crippen LogP contribution >= 0.6 is 0 Å². The first-order chi connectivity index (χ1) is 10.5. The van der Waals surface area contributed by atoms with E-state index in [0.717, 1.165) is 5.56 Å². The molecule has 6 nitrogen and oxygen atoms in total. The summed E-state index contributed by atoms with van der Waals surface area (Å²) < 4.78 is 31.4. The van der Waals surface area contributed by atoms with Gasteiger partial charge in [-0.2, -0.15) is 9.29 Å². The average molecular weight is 321 g/mol. The van der Waals surface area contributed by atoms with E-state index in [-0.39, 0.29) is 17.6 Å². The third-order valence-corrected chi connectivity index (χ3v) is 5.54. The lowest BCUT2D eigenvalue weighted by atomic mass is 10.0. The van der Waals surface area contributed by atoms with E-state index >= 15 is 0 Å². The maximum atomic E-state index is 12.3. The molecule has 1 saturated heterocycles. The third kappa shape index (κ3) is 3.05. The topological polar surface area (TPSA) is 76.3 Å². The van der Waals surface area contributed by atoms with Gasteiger partial charge in [-0.1, -0.05) is 49.3 Å². The molecule has 0 aliphatic carbocycles. The molecule has 7 heteroatoms. The Hall–Kier alpha value is -1.73. The SMILES string of the molecule is CC(C)c1noc(C2CN(S(=O)(=O)Cc3ccccc3)C2)n1. The minimum absolute atomic E-state index is 0.00514. The molecule has 0 amide bonds. The van der Waals surface area contributed by atoms with Gasteiger partial charge >= 0.3 is 0 Å². The van der Waals surface area contributed by atoms with E-state index in [1.807, 2.05) is 44.2 Å². The van der Waals surface area contributed by atoms with E-state index in [2.05, 4.69) is 10.1 Å². The van der Waals surface area contributed by atoms with Crippen molar-refractivity contribution in [3.05, 3.63) is 47.6 Å². The number of hydrogen-bond acceptors (Lipinski definition) is 5. The number of aromatic nitrogens is 2. The molecule has 22 heavy (non-hydrogen) atoms. The zero-order chi connectivity index (χ0) is 15.7. The lowest BCUT2D eigenvalue weighted by Gasteiger charge is -2.35. The molecular formula is C15H19N3O3S. The second-order valence-corrected chi connectivity index (χ2v) is 7.87. The predicted octanol–water partition coefficient (Wildman–Crippen LogP) is 2.12. The zero-order valence-electron chi connectivity index (χ0n) is 12.6. The van der Waals surface area contributed by atoms with Crippen molar-refractivity contribution < 1.29 is 12.9 Å². The van der Waals surface area contributed by atoms with Gasteiger partial charge in [-0.25, -0.2) is 8.42 Å². The van der Waals surface area contributed by atoms with Gasteiger partial charge in [0.2, 0.25) is 15.9 Å². The molecule has 1 aliphatic rings. The first-order valence-electron chi connectivity index (χ1n) is 7.31. The highest BCUT2D eigenvalue weighted by atomic mass is 32.2. The second-order valence-electron chi connectivity index (χ2n) is 5.90. The van der Waals surface area contributed by atoms with Crippen LogP contribution in [0.25, 0.3) is 0 Å². The lowest BCUT2D eigenvalue weighted by molar-refractivity contribution is 0.216. The van der Waals surface area contributed by atoms with Gasteiger partial charge in [-0.05, 0) is 5.56 Å². The molecule has 0 unspecified atom stereocenters. The number of nitrogens with zero attached hydrogens (tertiary/aromatic N) is 3. The van der Waals surface area contributed by atoms with Crippen LogP contribution in [0, 0.1) is 0 Å². The molecule has 1 aromatic heterocycles. The molecule has 3 rings (SSSR count). The Morgan fingerprint density at radius 1 is 1.27 bits per heavy atom. The molecule has 1 aliphatic heterocycles. The minimum Gasteiger partial charge on any atom is -0.339 e. The maximum Gasteiger partial charge on any atom is 0.232 e. The molecule has 1 aromatic carbocycles. The van der Waals surface area contributed by atoms with E-state index < -0.39 is 10.0 Å². The summed E-state index contributed by atoms with van der Waals surface area (Å²) in [6.45, 7) is 4.81. The fourth-order valence-corrected chi connectivity index (χ4v) is 3.96. The molecule has 0 bridgehead atoms. The Bertz CT molecular complexity index is 734. The number of rotatable bonds is 5. The minimum atomic E-state index is -3.28. The molecule has 0 atom stereocenters. The lowest BCUT2D eigenvalue weighted by Crippen LogP contribution is -2.48. The number of benzene rings is 1. The van der Waals surface area contributed by atoms with Crippen molar-refractivity contribution in [2.45, 2.75) is 31.4 Å². The highest BCUT2D eigenvalue weighted by Gasteiger charge is 2.39. The third-order valence-electron chi connectivity index (χ3n) is 3.76. The first-order valence-corrected chi connectivity index (χ1v) is 8.92. The monoisotopic (exact) mass is 321 g/mol. The molecule has 0 spiro atoms. The molecule has 1 fully saturated rings. The summed E-state index contributed by atoms with van der Waals surface area (Å²) in [5, 5.41) is 3.92. The van der Waals surface area contributed by atoms with Crippen molar-refractivity contribution in [1.29, 1.82) is 0 Å². The largest absolute Gasteiger partial charge is 0.339 e. The van der Waals surface area contributed by atoms with Crippen molar-refractivity contribution in [2.24, 2.45) is 0 Å². The summed E-state index contributed by atoms with van der Waals surface area (Å²) in [7, 11) is -3.28. The number of sulfonamides is 1. The molecule has 0 N–H and O–H groups in total. The molecule has 2 heterocycles. The van der Waals surface area contributed by atoms with Gasteiger partial charge in [-0.15, -0.1) is 0 Å². The van der Waals surface area contributed by atoms with Crippen LogP contribution in [-0.4, -0.2) is 36.0 Å². The van der Waals surface area contributed by atoms with Gasteiger partial charge < -0.3 is 4.52 Å². The van der Waals surface area contributed by atoms with Crippen LogP contribution in [0.4, 0.5) is 0 Å². The normalized spacial score (nSPS) is 16.9. The van der Waals surface area contributed by atoms with Gasteiger partial charge in [-0.3, -0.25) is 0 Å². The average Bonchev–Trinajstić information content (AvgIpc) is 2.86. The zero-order valence-corrected chi connectivity index (χ0v) is 13.5. The van der Waals surface area contributed by atoms with Gasteiger partial charge in [0.05, 0.1) is 11.7 Å². The Morgan fingerprint density at radius 2 is 1.95 bits per heavy atom. The van der Waals surface area contributed by atoms with Crippen molar-refractivity contribution in [3.63, 3.8) is 0 Å². The molecule has 0 radical (unpaired) electrons. The van der Waals surface area contributed by atoms with E-state index in [0.29, 0.717) is 24.8 Å². The van der Waals surface area contributed by atoms with Crippen LogP contribution < -0.4 is 0 Å². The van der Waals surface area contributed by atoms with Crippen molar-refractivity contribution in [1.82, 2.24) is 14.4 Å². The van der Waals surface area contributed by atoms with Gasteiger partial charge in [0.15, 0.2) is 5.82 Å².